The molecule has 166 valence electrons. The SMILES string of the molecule is COC1CN=CC(C2CCC3C(=O)N(C4C=NN(CC(F)(F)F)C4)C(C)(C)C3=N2)C1. The van der Waals surface area contributed by atoms with Gasteiger partial charge in [-0.25, -0.2) is 0 Å². The molecule has 4 aliphatic heterocycles. The number of likely N-dealkylation sites (tertiary alicyclic amines) is 1. The number of nitrogens with zero attached hydrogens (tertiary/aromatic N) is 5. The average molecular weight is 427 g/mol. The summed E-state index contributed by atoms with van der Waals surface area (Å²) in [6.07, 6.45) is 1.51. The molecule has 1 amide bonds. The van der Waals surface area contributed by atoms with E-state index in [2.05, 4.69) is 10.1 Å². The smallest absolute Gasteiger partial charge is 0.380 e. The lowest BCUT2D eigenvalue weighted by atomic mass is 9.81. The fourth-order valence-electron chi connectivity index (χ4n) is 5.21. The van der Waals surface area contributed by atoms with Gasteiger partial charge in [0, 0.05) is 25.5 Å². The molecular formula is C20H28F3N5O2. The van der Waals surface area contributed by atoms with E-state index in [1.165, 1.54) is 6.21 Å². The number of halogens is 3. The summed E-state index contributed by atoms with van der Waals surface area (Å²) in [5, 5.41) is 4.87. The van der Waals surface area contributed by atoms with Gasteiger partial charge in [0.05, 0.1) is 48.4 Å². The monoisotopic (exact) mass is 427 g/mol. The zero-order chi connectivity index (χ0) is 21.7. The van der Waals surface area contributed by atoms with Crippen LogP contribution in [0.4, 0.5) is 13.2 Å². The van der Waals surface area contributed by atoms with Gasteiger partial charge in [-0.1, -0.05) is 0 Å². The summed E-state index contributed by atoms with van der Waals surface area (Å²) in [5.41, 5.74) is 0.164. The lowest BCUT2D eigenvalue weighted by Gasteiger charge is -2.37. The third-order valence-electron chi connectivity index (χ3n) is 6.61. The Labute approximate surface area is 174 Å². The van der Waals surface area contributed by atoms with Crippen molar-refractivity contribution >= 4 is 24.0 Å². The molecule has 1 saturated heterocycles. The van der Waals surface area contributed by atoms with E-state index in [0.29, 0.717) is 13.0 Å². The van der Waals surface area contributed by atoms with Gasteiger partial charge in [0.1, 0.15) is 6.54 Å². The maximum Gasteiger partial charge on any atom is 0.407 e. The van der Waals surface area contributed by atoms with Crippen LogP contribution in [-0.2, 0) is 9.53 Å². The van der Waals surface area contributed by atoms with E-state index in [0.717, 1.165) is 23.6 Å². The number of aliphatic imine (C=N–C) groups is 2. The topological polar surface area (TPSA) is 69.9 Å². The maximum absolute atomic E-state index is 13.2. The van der Waals surface area contributed by atoms with Gasteiger partial charge < -0.3 is 9.64 Å². The van der Waals surface area contributed by atoms with Gasteiger partial charge in [0.15, 0.2) is 0 Å². The summed E-state index contributed by atoms with van der Waals surface area (Å²) in [6.45, 7) is 3.45. The van der Waals surface area contributed by atoms with E-state index < -0.39 is 24.3 Å². The van der Waals surface area contributed by atoms with Gasteiger partial charge in [-0.05, 0) is 33.1 Å². The van der Waals surface area contributed by atoms with Crippen LogP contribution in [-0.4, -0.2) is 90.6 Å². The molecule has 0 aromatic rings. The predicted octanol–water partition coefficient (Wildman–Crippen LogP) is 2.16. The van der Waals surface area contributed by atoms with Crippen LogP contribution in [0, 0.1) is 11.8 Å². The van der Waals surface area contributed by atoms with Crippen molar-refractivity contribution in [3.8, 4) is 0 Å². The first-order valence-corrected chi connectivity index (χ1v) is 10.4. The highest BCUT2D eigenvalue weighted by molar-refractivity contribution is 6.16. The Morgan fingerprint density at radius 2 is 2.03 bits per heavy atom. The van der Waals surface area contributed by atoms with Crippen molar-refractivity contribution in [2.75, 3.05) is 26.7 Å². The summed E-state index contributed by atoms with van der Waals surface area (Å²) in [6, 6.07) is -0.445. The lowest BCUT2D eigenvalue weighted by Crippen LogP contribution is -2.53. The molecule has 1 fully saturated rings. The molecule has 4 heterocycles. The number of carbonyl (C=O) groups is 1. The zero-order valence-corrected chi connectivity index (χ0v) is 17.5. The van der Waals surface area contributed by atoms with E-state index >= 15 is 0 Å². The molecule has 4 rings (SSSR count). The number of hydrogen-bond donors (Lipinski definition) is 0. The highest BCUT2D eigenvalue weighted by Crippen LogP contribution is 2.41. The fourth-order valence-corrected chi connectivity index (χ4v) is 5.21. The van der Waals surface area contributed by atoms with Gasteiger partial charge in [0.2, 0.25) is 5.91 Å². The number of methoxy groups -OCH3 is 1. The molecule has 0 aromatic heterocycles. The summed E-state index contributed by atoms with van der Waals surface area (Å²) in [5.74, 6) is -0.193. The van der Waals surface area contributed by atoms with E-state index in [9.17, 15) is 18.0 Å². The van der Waals surface area contributed by atoms with Crippen molar-refractivity contribution in [2.24, 2.45) is 26.9 Å². The molecule has 7 nitrogen and oxygen atoms in total. The van der Waals surface area contributed by atoms with Gasteiger partial charge in [0.25, 0.3) is 0 Å². The van der Waals surface area contributed by atoms with Gasteiger partial charge in [-0.2, -0.15) is 18.3 Å². The van der Waals surface area contributed by atoms with Crippen LogP contribution in [0.25, 0.3) is 0 Å². The van der Waals surface area contributed by atoms with Crippen LogP contribution >= 0.6 is 0 Å². The standard InChI is InChI=1S/C20H28F3N5O2/c1-19(2)17-15(4-5-16(26-17)12-6-14(30-3)9-24-7-12)18(29)28(19)13-8-25-27(10-13)11-20(21,22)23/h7-8,12-16H,4-6,9-11H2,1-3H3. The van der Waals surface area contributed by atoms with Crippen molar-refractivity contribution in [3.05, 3.63) is 0 Å². The van der Waals surface area contributed by atoms with Crippen LogP contribution in [0.5, 0.6) is 0 Å². The van der Waals surface area contributed by atoms with E-state index in [1.54, 1.807) is 12.0 Å². The Bertz CT molecular complexity index is 779. The Kier molecular flexibility index (Phi) is 5.40. The number of alkyl halides is 3. The summed E-state index contributed by atoms with van der Waals surface area (Å²) < 4.78 is 43.6. The summed E-state index contributed by atoms with van der Waals surface area (Å²) in [4.78, 5) is 24.3. The number of fused-ring (bicyclic) bond motifs is 1. The quantitative estimate of drug-likeness (QED) is 0.691. The normalized spacial score (nSPS) is 35.7. The Morgan fingerprint density at radius 1 is 1.27 bits per heavy atom. The third-order valence-corrected chi connectivity index (χ3v) is 6.61. The Morgan fingerprint density at radius 3 is 2.73 bits per heavy atom. The minimum absolute atomic E-state index is 0.0446. The molecule has 0 N–H and O–H groups in total. The Hall–Kier alpha value is -1.97. The second-order valence-corrected chi connectivity index (χ2v) is 9.04. The zero-order valence-electron chi connectivity index (χ0n) is 17.5. The molecular weight excluding hydrogens is 399 g/mol. The number of ether oxygens (including phenoxy) is 1. The lowest BCUT2D eigenvalue weighted by molar-refractivity contribution is -0.146. The number of carbonyl (C=O) groups excluding carboxylic acids is 1. The first kappa shape index (κ1) is 21.3. The first-order valence-electron chi connectivity index (χ1n) is 10.4. The molecule has 30 heavy (non-hydrogen) atoms. The summed E-state index contributed by atoms with van der Waals surface area (Å²) in [7, 11) is 1.69. The first-order chi connectivity index (χ1) is 14.1. The number of hydrogen-bond acceptors (Lipinski definition) is 6. The van der Waals surface area contributed by atoms with Crippen LogP contribution in [0.3, 0.4) is 0 Å². The van der Waals surface area contributed by atoms with E-state index in [-0.39, 0.29) is 36.4 Å². The van der Waals surface area contributed by atoms with Crippen molar-refractivity contribution in [1.29, 1.82) is 0 Å². The maximum atomic E-state index is 13.2. The predicted molar refractivity (Wildman–Crippen MR) is 107 cm³/mol. The molecule has 5 unspecified atom stereocenters. The fraction of sp³-hybridized carbons (Fsp3) is 0.800. The van der Waals surface area contributed by atoms with Crippen LogP contribution in [0.15, 0.2) is 15.1 Å². The van der Waals surface area contributed by atoms with Crippen molar-refractivity contribution in [1.82, 2.24) is 9.91 Å². The van der Waals surface area contributed by atoms with Gasteiger partial charge in [-0.15, -0.1) is 0 Å². The van der Waals surface area contributed by atoms with Gasteiger partial charge in [-0.3, -0.25) is 19.8 Å². The van der Waals surface area contributed by atoms with Crippen molar-refractivity contribution in [2.45, 2.75) is 63.0 Å². The van der Waals surface area contributed by atoms with Gasteiger partial charge >= 0.3 is 6.18 Å². The third kappa shape index (κ3) is 3.86. The highest BCUT2D eigenvalue weighted by atomic mass is 19.4. The molecule has 5 atom stereocenters. The number of rotatable bonds is 4. The molecule has 0 saturated carbocycles. The number of amides is 1. The van der Waals surface area contributed by atoms with Crippen molar-refractivity contribution in [3.63, 3.8) is 0 Å². The van der Waals surface area contributed by atoms with E-state index in [4.69, 9.17) is 9.73 Å². The van der Waals surface area contributed by atoms with Crippen LogP contribution < -0.4 is 0 Å². The second-order valence-electron chi connectivity index (χ2n) is 9.04. The van der Waals surface area contributed by atoms with Crippen molar-refractivity contribution < 1.29 is 22.7 Å². The minimum atomic E-state index is -4.33. The molecule has 4 aliphatic rings. The molecule has 0 bridgehead atoms. The molecule has 10 heteroatoms. The number of hydrazone groups is 1. The average Bonchev–Trinajstić information content (AvgIpc) is 3.20. The largest absolute Gasteiger partial charge is 0.407 e. The highest BCUT2D eigenvalue weighted by Gasteiger charge is 2.55. The molecule has 0 aliphatic carbocycles. The summed E-state index contributed by atoms with van der Waals surface area (Å²) >= 11 is 0. The molecule has 0 radical (unpaired) electrons. The van der Waals surface area contributed by atoms with Crippen LogP contribution in [0.1, 0.15) is 33.1 Å². The molecule has 0 spiro atoms. The van der Waals surface area contributed by atoms with Crippen LogP contribution in [0.2, 0.25) is 0 Å². The minimum Gasteiger partial charge on any atom is -0.380 e. The second kappa shape index (κ2) is 7.62. The Balaban J connectivity index is 1.53. The van der Waals surface area contributed by atoms with E-state index in [1.807, 2.05) is 20.1 Å². The molecule has 0 aromatic carbocycles.